The van der Waals surface area contributed by atoms with Crippen LogP contribution in [0.15, 0.2) is 97.1 Å². The van der Waals surface area contributed by atoms with Gasteiger partial charge in [0, 0.05) is 44.6 Å². The molecular formula is C66H79ClN2. The molecular weight excluding hydrogens is 856 g/mol. The maximum atomic E-state index is 6.93. The van der Waals surface area contributed by atoms with Gasteiger partial charge in [0.05, 0.1) is 0 Å². The number of aryl methyl sites for hydroxylation is 3. The Balaban J connectivity index is 1.23. The first-order chi connectivity index (χ1) is 32.0. The molecule has 0 fully saturated rings. The molecule has 6 aromatic rings. The number of hydrogen-bond acceptors (Lipinski definition) is 2. The van der Waals surface area contributed by atoms with Gasteiger partial charge >= 0.3 is 0 Å². The number of anilines is 6. The number of hydrogen-bond donors (Lipinski definition) is 0. The summed E-state index contributed by atoms with van der Waals surface area (Å²) in [5, 5.41) is 0.730. The van der Waals surface area contributed by atoms with Crippen LogP contribution in [-0.4, -0.2) is 0 Å². The predicted molar refractivity (Wildman–Crippen MR) is 298 cm³/mol. The monoisotopic (exact) mass is 935 g/mol. The van der Waals surface area contributed by atoms with Gasteiger partial charge in [-0.1, -0.05) is 139 Å². The Morgan fingerprint density at radius 3 is 1.19 bits per heavy atom. The molecule has 3 heteroatoms. The maximum Gasteiger partial charge on any atom is 0.0493 e. The third-order valence-electron chi connectivity index (χ3n) is 18.3. The van der Waals surface area contributed by atoms with Gasteiger partial charge < -0.3 is 9.80 Å². The molecule has 0 atom stereocenters. The van der Waals surface area contributed by atoms with Crippen molar-refractivity contribution in [2.75, 3.05) is 9.80 Å². The average molecular weight is 936 g/mol. The molecule has 0 spiro atoms. The van der Waals surface area contributed by atoms with Crippen molar-refractivity contribution in [3.05, 3.63) is 163 Å². The molecule has 0 radical (unpaired) electrons. The largest absolute Gasteiger partial charge is 0.310 e. The van der Waals surface area contributed by atoms with Gasteiger partial charge in [0.2, 0.25) is 0 Å². The fourth-order valence-corrected chi connectivity index (χ4v) is 13.5. The number of fused-ring (bicyclic) bond motifs is 6. The van der Waals surface area contributed by atoms with Crippen LogP contribution in [-0.2, 0) is 37.9 Å². The van der Waals surface area contributed by atoms with Crippen molar-refractivity contribution in [2.45, 2.75) is 194 Å². The molecule has 69 heavy (non-hydrogen) atoms. The van der Waals surface area contributed by atoms with E-state index in [4.69, 9.17) is 11.6 Å². The molecule has 4 aliphatic carbocycles. The summed E-state index contributed by atoms with van der Waals surface area (Å²) in [6.07, 6.45) is 7.09. The van der Waals surface area contributed by atoms with E-state index in [0.29, 0.717) is 0 Å². The highest BCUT2D eigenvalue weighted by Crippen LogP contribution is 2.57. The van der Waals surface area contributed by atoms with E-state index in [-0.39, 0.29) is 37.9 Å². The summed E-state index contributed by atoms with van der Waals surface area (Å²) in [6.45, 7) is 41.2. The van der Waals surface area contributed by atoms with Gasteiger partial charge in [-0.25, -0.2) is 0 Å². The fraction of sp³-hybridized carbons (Fsp3) is 0.455. The van der Waals surface area contributed by atoms with Crippen LogP contribution in [0.4, 0.5) is 34.1 Å². The summed E-state index contributed by atoms with van der Waals surface area (Å²) in [7, 11) is 0. The first kappa shape index (κ1) is 47.9. The zero-order valence-corrected chi connectivity index (χ0v) is 46.0. The summed E-state index contributed by atoms with van der Waals surface area (Å²) in [6, 6.07) is 38.4. The van der Waals surface area contributed by atoms with Crippen molar-refractivity contribution < 1.29 is 0 Å². The third kappa shape index (κ3) is 7.71. The molecule has 0 saturated heterocycles. The van der Waals surface area contributed by atoms with E-state index in [9.17, 15) is 0 Å². The minimum absolute atomic E-state index is 0.0486. The Morgan fingerprint density at radius 1 is 0.348 bits per heavy atom. The lowest BCUT2D eigenvalue weighted by Crippen LogP contribution is -2.34. The van der Waals surface area contributed by atoms with Crippen LogP contribution in [0.3, 0.4) is 0 Å². The zero-order valence-electron chi connectivity index (χ0n) is 45.3. The van der Waals surface area contributed by atoms with E-state index in [1.54, 1.807) is 0 Å². The Morgan fingerprint density at radius 2 is 0.739 bits per heavy atom. The van der Waals surface area contributed by atoms with Gasteiger partial charge in [-0.3, -0.25) is 0 Å². The molecule has 2 nitrogen and oxygen atoms in total. The Kier molecular flexibility index (Phi) is 10.8. The topological polar surface area (TPSA) is 6.48 Å². The molecule has 0 bridgehead atoms. The number of rotatable bonds is 6. The molecule has 10 rings (SSSR count). The van der Waals surface area contributed by atoms with E-state index in [0.717, 1.165) is 34.9 Å². The van der Waals surface area contributed by atoms with Crippen LogP contribution >= 0.6 is 11.6 Å². The van der Waals surface area contributed by atoms with Crippen LogP contribution in [0.1, 0.15) is 197 Å². The predicted octanol–water partition coefficient (Wildman–Crippen LogP) is 19.6. The Labute approximate surface area is 421 Å². The van der Waals surface area contributed by atoms with Crippen LogP contribution in [0.5, 0.6) is 0 Å². The van der Waals surface area contributed by atoms with Gasteiger partial charge in [-0.15, -0.1) is 0 Å². The van der Waals surface area contributed by atoms with Crippen LogP contribution < -0.4 is 9.80 Å². The first-order valence-electron chi connectivity index (χ1n) is 26.2. The SMILES string of the molecule is Cc1cc(N(c2cccc(Cl)c2)c2cc3c(cc2C)C(C)(C)CCC3(C)C)cc(N(c2ccc3c(c2)-c2cc4c(cc2C3(C)C)C(C)(C)CCC4(C)C)c2cc3c(cc2C)C(C)(C)CCC3(C)C)c1. The average Bonchev–Trinajstić information content (AvgIpc) is 3.48. The van der Waals surface area contributed by atoms with E-state index >= 15 is 0 Å². The molecule has 0 N–H and O–H groups in total. The molecule has 0 aromatic heterocycles. The lowest BCUT2D eigenvalue weighted by Gasteiger charge is -2.43. The smallest absolute Gasteiger partial charge is 0.0493 e. The summed E-state index contributed by atoms with van der Waals surface area (Å²) in [5.74, 6) is 0. The molecule has 6 aromatic carbocycles. The van der Waals surface area contributed by atoms with E-state index < -0.39 is 0 Å². The van der Waals surface area contributed by atoms with Crippen molar-refractivity contribution in [1.82, 2.24) is 0 Å². The zero-order chi connectivity index (χ0) is 49.8. The molecule has 0 saturated carbocycles. The first-order valence-corrected chi connectivity index (χ1v) is 26.5. The van der Waals surface area contributed by atoms with Crippen molar-refractivity contribution in [3.63, 3.8) is 0 Å². The van der Waals surface area contributed by atoms with E-state index in [1.165, 1.54) is 115 Å². The van der Waals surface area contributed by atoms with Crippen LogP contribution in [0.2, 0.25) is 5.02 Å². The number of halogens is 1. The lowest BCUT2D eigenvalue weighted by atomic mass is 9.62. The van der Waals surface area contributed by atoms with Gasteiger partial charge in [0.15, 0.2) is 0 Å². The van der Waals surface area contributed by atoms with Crippen molar-refractivity contribution in [1.29, 1.82) is 0 Å². The highest BCUT2D eigenvalue weighted by Gasteiger charge is 2.44. The van der Waals surface area contributed by atoms with E-state index in [2.05, 4.69) is 218 Å². The fourth-order valence-electron chi connectivity index (χ4n) is 13.3. The minimum Gasteiger partial charge on any atom is -0.310 e. The molecule has 0 heterocycles. The van der Waals surface area contributed by atoms with Crippen molar-refractivity contribution in [3.8, 4) is 11.1 Å². The Bertz CT molecular complexity index is 3090. The minimum atomic E-state index is -0.122. The number of nitrogens with zero attached hydrogens (tertiary/aromatic N) is 2. The quantitative estimate of drug-likeness (QED) is 0.164. The second-order valence-electron chi connectivity index (χ2n) is 26.6. The van der Waals surface area contributed by atoms with Gasteiger partial charge in [0.25, 0.3) is 0 Å². The normalized spacial score (nSPS) is 20.2. The summed E-state index contributed by atoms with van der Waals surface area (Å²) in [4.78, 5) is 5.08. The van der Waals surface area contributed by atoms with E-state index in [1.807, 2.05) is 6.07 Å². The highest BCUT2D eigenvalue weighted by atomic mass is 35.5. The van der Waals surface area contributed by atoms with Crippen molar-refractivity contribution in [2.24, 2.45) is 0 Å². The number of benzene rings is 6. The summed E-state index contributed by atoms with van der Waals surface area (Å²) < 4.78 is 0. The lowest BCUT2D eigenvalue weighted by molar-refractivity contribution is 0.331. The van der Waals surface area contributed by atoms with Gasteiger partial charge in [-0.2, -0.15) is 0 Å². The van der Waals surface area contributed by atoms with Gasteiger partial charge in [-0.05, 0) is 231 Å². The molecule has 0 unspecified atom stereocenters. The molecule has 0 aliphatic heterocycles. The second-order valence-corrected chi connectivity index (χ2v) is 27.1. The van der Waals surface area contributed by atoms with Crippen LogP contribution in [0, 0.1) is 20.8 Å². The molecule has 0 amide bonds. The Hall–Kier alpha value is -4.79. The summed E-state index contributed by atoms with van der Waals surface area (Å²) in [5.41, 5.74) is 25.8. The highest BCUT2D eigenvalue weighted by molar-refractivity contribution is 6.30. The van der Waals surface area contributed by atoms with Gasteiger partial charge in [0.1, 0.15) is 0 Å². The van der Waals surface area contributed by atoms with Crippen molar-refractivity contribution >= 4 is 45.7 Å². The third-order valence-corrected chi connectivity index (χ3v) is 18.6. The standard InChI is InChI=1S/C66H79ClN2/c1-40-29-46(68(44-20-18-19-43(67)33-44)58-38-56-52(31-41(58)2)60(4,5)23-27-64(56,12)13)34-47(30-40)69(59-39-57-53(32-42(59)3)61(6,7)24-28-65(57,14)15)45-21-22-50-48(35-45)49-36-54-55(37-51(49)66(50,16)17)63(10,11)26-25-62(54,8)9/h18-22,29-39H,23-28H2,1-17H3. The molecule has 360 valence electrons. The maximum absolute atomic E-state index is 6.93. The van der Waals surface area contributed by atoms with Crippen LogP contribution in [0.25, 0.3) is 11.1 Å². The molecule has 4 aliphatic rings. The summed E-state index contributed by atoms with van der Waals surface area (Å²) >= 11 is 6.93. The second kappa shape index (κ2) is 15.6.